The normalized spacial score (nSPS) is 11.0. The van der Waals surface area contributed by atoms with Crippen LogP contribution in [-0.2, 0) is 10.9 Å². The number of benzene rings is 2. The monoisotopic (exact) mass is 483 g/mol. The molecule has 0 unspecified atom stereocenters. The quantitative estimate of drug-likeness (QED) is 0.337. The van der Waals surface area contributed by atoms with E-state index in [9.17, 15) is 27.2 Å². The topological polar surface area (TPSA) is 89.5 Å². The Morgan fingerprint density at radius 1 is 1.00 bits per heavy atom. The van der Waals surface area contributed by atoms with E-state index < -0.39 is 34.6 Å². The van der Waals surface area contributed by atoms with Gasteiger partial charge in [-0.3, -0.25) is 0 Å². The van der Waals surface area contributed by atoms with Crippen LogP contribution in [0.2, 0.25) is 5.02 Å². The number of hydrogen-bond acceptors (Lipinski definition) is 5. The van der Waals surface area contributed by atoms with Crippen LogP contribution < -0.4 is 15.4 Å². The number of aromatic nitrogens is 1. The van der Waals surface area contributed by atoms with Crippen molar-refractivity contribution in [2.24, 2.45) is 0 Å². The van der Waals surface area contributed by atoms with Crippen molar-refractivity contribution >= 4 is 35.0 Å². The highest BCUT2D eigenvalue weighted by Gasteiger charge is 2.33. The van der Waals surface area contributed by atoms with Gasteiger partial charge in [-0.05, 0) is 36.4 Å². The number of carbonyl (C=O) groups excluding carboxylic acids is 2. The molecule has 0 fully saturated rings. The fourth-order valence-electron chi connectivity index (χ4n) is 2.59. The second-order valence-corrected chi connectivity index (χ2v) is 6.79. The Morgan fingerprint density at radius 2 is 1.73 bits per heavy atom. The lowest BCUT2D eigenvalue weighted by Crippen LogP contribution is -2.20. The average molecular weight is 484 g/mol. The molecule has 0 saturated carbocycles. The van der Waals surface area contributed by atoms with Crippen LogP contribution in [0, 0.1) is 5.82 Å². The second kappa shape index (κ2) is 9.74. The summed E-state index contributed by atoms with van der Waals surface area (Å²) in [6.45, 7) is 0. The highest BCUT2D eigenvalue weighted by atomic mass is 35.5. The highest BCUT2D eigenvalue weighted by molar-refractivity contribution is 6.31. The summed E-state index contributed by atoms with van der Waals surface area (Å²) in [6.07, 6.45) is -3.40. The van der Waals surface area contributed by atoms with E-state index in [0.717, 1.165) is 12.1 Å². The molecule has 33 heavy (non-hydrogen) atoms. The maximum Gasteiger partial charge on any atom is 0.417 e. The number of alkyl halides is 3. The van der Waals surface area contributed by atoms with Crippen molar-refractivity contribution < 1.29 is 36.6 Å². The molecular formula is C21H14ClF4N3O4. The number of pyridine rings is 1. The standard InChI is InChI=1S/C21H14ClF4N3O4/c1-32-19(30)18-10-13(6-7-27-18)33-12-3-5-17(16(23)9-12)29-20(31)28-11-2-4-15(22)14(8-11)21(24,25)26/h2-10H,1H3,(H2,28,29,31). The zero-order valence-corrected chi connectivity index (χ0v) is 17.4. The molecule has 1 aromatic heterocycles. The molecular weight excluding hydrogens is 470 g/mol. The van der Waals surface area contributed by atoms with Gasteiger partial charge in [0.2, 0.25) is 0 Å². The molecule has 2 N–H and O–H groups in total. The van der Waals surface area contributed by atoms with Crippen LogP contribution in [0.15, 0.2) is 54.7 Å². The number of rotatable bonds is 5. The Labute approximate surface area is 189 Å². The number of hydrogen-bond donors (Lipinski definition) is 2. The van der Waals surface area contributed by atoms with Crippen LogP contribution in [0.5, 0.6) is 11.5 Å². The first-order chi connectivity index (χ1) is 15.6. The smallest absolute Gasteiger partial charge is 0.417 e. The van der Waals surface area contributed by atoms with Gasteiger partial charge in [-0.2, -0.15) is 13.2 Å². The van der Waals surface area contributed by atoms with Gasteiger partial charge in [-0.25, -0.2) is 19.0 Å². The summed E-state index contributed by atoms with van der Waals surface area (Å²) < 4.78 is 63.3. The number of ether oxygens (including phenoxy) is 2. The lowest BCUT2D eigenvalue weighted by Gasteiger charge is -2.13. The summed E-state index contributed by atoms with van der Waals surface area (Å²) in [4.78, 5) is 27.4. The van der Waals surface area contributed by atoms with Crippen molar-refractivity contribution in [3.05, 3.63) is 76.8 Å². The number of nitrogens with zero attached hydrogens (tertiary/aromatic N) is 1. The average Bonchev–Trinajstić information content (AvgIpc) is 2.76. The molecule has 0 radical (unpaired) electrons. The minimum Gasteiger partial charge on any atom is -0.464 e. The van der Waals surface area contributed by atoms with Crippen LogP contribution in [0.25, 0.3) is 0 Å². The van der Waals surface area contributed by atoms with Gasteiger partial charge in [0.05, 0.1) is 23.4 Å². The number of carbonyl (C=O) groups is 2. The molecule has 0 spiro atoms. The summed E-state index contributed by atoms with van der Waals surface area (Å²) in [5.74, 6) is -1.32. The van der Waals surface area contributed by atoms with Gasteiger partial charge >= 0.3 is 18.2 Å². The van der Waals surface area contributed by atoms with E-state index in [1.54, 1.807) is 0 Å². The number of methoxy groups -OCH3 is 1. The Bertz CT molecular complexity index is 1200. The van der Waals surface area contributed by atoms with Crippen molar-refractivity contribution in [2.75, 3.05) is 17.7 Å². The first-order valence-corrected chi connectivity index (χ1v) is 9.41. The van der Waals surface area contributed by atoms with Crippen molar-refractivity contribution in [2.45, 2.75) is 6.18 Å². The van der Waals surface area contributed by atoms with Crippen LogP contribution in [0.3, 0.4) is 0 Å². The Morgan fingerprint density at radius 3 is 2.39 bits per heavy atom. The SMILES string of the molecule is COC(=O)c1cc(Oc2ccc(NC(=O)Nc3ccc(Cl)c(C(F)(F)F)c3)c(F)c2)ccn1. The molecule has 0 atom stereocenters. The van der Waals surface area contributed by atoms with Gasteiger partial charge in [0.25, 0.3) is 0 Å². The lowest BCUT2D eigenvalue weighted by molar-refractivity contribution is -0.137. The summed E-state index contributed by atoms with van der Waals surface area (Å²) in [5, 5.41) is 3.84. The first kappa shape index (κ1) is 23.8. The Kier molecular flexibility index (Phi) is 7.02. The molecule has 2 amide bonds. The van der Waals surface area contributed by atoms with Gasteiger partial charge in [-0.1, -0.05) is 11.6 Å². The number of esters is 1. The van der Waals surface area contributed by atoms with Gasteiger partial charge in [0, 0.05) is 24.0 Å². The molecule has 0 saturated heterocycles. The zero-order valence-electron chi connectivity index (χ0n) is 16.7. The van der Waals surface area contributed by atoms with E-state index in [1.165, 1.54) is 43.6 Å². The van der Waals surface area contributed by atoms with E-state index in [1.807, 2.05) is 0 Å². The van der Waals surface area contributed by atoms with Crippen LogP contribution in [0.4, 0.5) is 33.7 Å². The minimum atomic E-state index is -4.71. The zero-order chi connectivity index (χ0) is 24.2. The molecule has 2 aromatic carbocycles. The van der Waals surface area contributed by atoms with Crippen molar-refractivity contribution in [1.82, 2.24) is 4.98 Å². The molecule has 1 heterocycles. The molecule has 3 rings (SSSR count). The molecule has 3 aromatic rings. The Balaban J connectivity index is 1.68. The summed E-state index contributed by atoms with van der Waals surface area (Å²) >= 11 is 5.54. The second-order valence-electron chi connectivity index (χ2n) is 6.38. The van der Waals surface area contributed by atoms with Crippen LogP contribution in [-0.4, -0.2) is 24.1 Å². The number of anilines is 2. The molecule has 0 aliphatic carbocycles. The van der Waals surface area contributed by atoms with Crippen molar-refractivity contribution in [1.29, 1.82) is 0 Å². The van der Waals surface area contributed by atoms with Crippen LogP contribution >= 0.6 is 11.6 Å². The molecule has 7 nitrogen and oxygen atoms in total. The van der Waals surface area contributed by atoms with E-state index in [4.69, 9.17) is 16.3 Å². The third-order valence-corrected chi connectivity index (χ3v) is 4.41. The highest BCUT2D eigenvalue weighted by Crippen LogP contribution is 2.36. The largest absolute Gasteiger partial charge is 0.464 e. The first-order valence-electron chi connectivity index (χ1n) is 9.03. The van der Waals surface area contributed by atoms with Crippen molar-refractivity contribution in [3.63, 3.8) is 0 Å². The van der Waals surface area contributed by atoms with Crippen molar-refractivity contribution in [3.8, 4) is 11.5 Å². The van der Waals surface area contributed by atoms with Crippen LogP contribution in [0.1, 0.15) is 16.1 Å². The van der Waals surface area contributed by atoms with E-state index >= 15 is 0 Å². The fraction of sp³-hybridized carbons (Fsp3) is 0.0952. The fourth-order valence-corrected chi connectivity index (χ4v) is 2.82. The number of urea groups is 1. The lowest BCUT2D eigenvalue weighted by atomic mass is 10.2. The number of halogens is 5. The third kappa shape index (κ3) is 6.10. The molecule has 172 valence electrons. The summed E-state index contributed by atoms with van der Waals surface area (Å²) in [5.41, 5.74) is -1.58. The van der Waals surface area contributed by atoms with Gasteiger partial charge in [-0.15, -0.1) is 0 Å². The van der Waals surface area contributed by atoms with E-state index in [0.29, 0.717) is 6.07 Å². The molecule has 12 heteroatoms. The molecule has 0 bridgehead atoms. The Hall–Kier alpha value is -3.86. The maximum atomic E-state index is 14.4. The molecule has 0 aliphatic rings. The third-order valence-electron chi connectivity index (χ3n) is 4.08. The predicted octanol–water partition coefficient (Wildman–Crippen LogP) is 6.12. The molecule has 0 aliphatic heterocycles. The predicted molar refractivity (Wildman–Crippen MR) is 111 cm³/mol. The summed E-state index contributed by atoms with van der Waals surface area (Å²) in [6, 6.07) is 8.06. The minimum absolute atomic E-state index is 0.0127. The van der Waals surface area contributed by atoms with E-state index in [2.05, 4.69) is 20.4 Å². The van der Waals surface area contributed by atoms with Gasteiger partial charge < -0.3 is 20.1 Å². The maximum absolute atomic E-state index is 14.4. The number of nitrogens with one attached hydrogen (secondary N) is 2. The van der Waals surface area contributed by atoms with Gasteiger partial charge in [0.1, 0.15) is 17.3 Å². The number of amides is 2. The van der Waals surface area contributed by atoms with Gasteiger partial charge in [0.15, 0.2) is 5.69 Å². The van der Waals surface area contributed by atoms with E-state index in [-0.39, 0.29) is 28.6 Å². The summed E-state index contributed by atoms with van der Waals surface area (Å²) in [7, 11) is 1.19.